The van der Waals surface area contributed by atoms with Crippen molar-refractivity contribution in [2.75, 3.05) is 0 Å². The summed E-state index contributed by atoms with van der Waals surface area (Å²) in [4.78, 5) is 17.0. The molecule has 0 aromatic rings. The molecule has 0 heterocycles. The van der Waals surface area contributed by atoms with E-state index in [1.54, 1.807) is 0 Å². The van der Waals surface area contributed by atoms with Crippen LogP contribution >= 0.6 is 0 Å². The molecule has 0 aliphatic heterocycles. The summed E-state index contributed by atoms with van der Waals surface area (Å²) in [6.45, 7) is 0. The molecule has 3 nitrogen and oxygen atoms in total. The van der Waals surface area contributed by atoms with E-state index in [9.17, 15) is 0 Å². The summed E-state index contributed by atoms with van der Waals surface area (Å²) in [5.41, 5.74) is 0. The SMILES string of the molecule is O=[Si]([O-])[O-].[Pb]. The Balaban J connectivity index is 0. The van der Waals surface area contributed by atoms with Gasteiger partial charge in [-0.1, -0.05) is 0 Å². The molecule has 0 saturated heterocycles. The average molecular weight is 283 g/mol. The maximum atomic E-state index is 8.52. The Labute approximate surface area is 50.7 Å². The van der Waals surface area contributed by atoms with Crippen LogP contribution in [0.2, 0.25) is 0 Å². The first-order chi connectivity index (χ1) is 1.73. The minimum Gasteiger partial charge on any atom is -0.672 e. The van der Waals surface area contributed by atoms with Crippen LogP contribution in [0.15, 0.2) is 0 Å². The van der Waals surface area contributed by atoms with Crippen molar-refractivity contribution in [1.29, 1.82) is 0 Å². The molecule has 0 aromatic heterocycles. The molecule has 0 N–H and O–H groups in total. The van der Waals surface area contributed by atoms with Gasteiger partial charge in [0.05, 0.1) is 0 Å². The van der Waals surface area contributed by atoms with Gasteiger partial charge in [0.1, 0.15) is 0 Å². The molecule has 0 spiro atoms. The minimum absolute atomic E-state index is 0. The second-order valence-corrected chi connectivity index (χ2v) is 0.750. The Morgan fingerprint density at radius 1 is 1.40 bits per heavy atom. The van der Waals surface area contributed by atoms with Crippen LogP contribution in [-0.4, -0.2) is 36.5 Å². The second-order valence-electron chi connectivity index (χ2n) is 0.250. The topological polar surface area (TPSA) is 63.2 Å². The zero-order chi connectivity index (χ0) is 3.58. The number of hydrogen-bond donors (Lipinski definition) is 0. The fourth-order valence-corrected chi connectivity index (χ4v) is 0. The Bertz CT molecular complexity index is 29.9. The fourth-order valence-electron chi connectivity index (χ4n) is 0. The largest absolute Gasteiger partial charge is 0.672 e. The molecule has 0 bridgehead atoms. The van der Waals surface area contributed by atoms with Gasteiger partial charge < -0.3 is 14.1 Å². The van der Waals surface area contributed by atoms with E-state index >= 15 is 0 Å². The van der Waals surface area contributed by atoms with Crippen LogP contribution in [0, 0.1) is 0 Å². The normalized spacial score (nSPS) is 4.80. The molecular weight excluding hydrogens is 283 g/mol. The summed E-state index contributed by atoms with van der Waals surface area (Å²) in [5, 5.41) is 0. The van der Waals surface area contributed by atoms with Crippen LogP contribution in [0.1, 0.15) is 0 Å². The van der Waals surface area contributed by atoms with Gasteiger partial charge in [0.25, 0.3) is 0 Å². The molecule has 0 aliphatic rings. The predicted octanol–water partition coefficient (Wildman–Crippen LogP) is -3.26. The van der Waals surface area contributed by atoms with E-state index in [0.29, 0.717) is 0 Å². The Morgan fingerprint density at radius 3 is 1.40 bits per heavy atom. The Kier molecular flexibility index (Phi) is 8.27. The Hall–Kier alpha value is 0.539. The zero-order valence-electron chi connectivity index (χ0n) is 2.22. The van der Waals surface area contributed by atoms with Gasteiger partial charge in [0, 0.05) is 36.5 Å². The second kappa shape index (κ2) is 4.54. The monoisotopic (exact) mass is 284 g/mol. The van der Waals surface area contributed by atoms with Crippen molar-refractivity contribution >= 4 is 36.5 Å². The minimum atomic E-state index is -3.63. The molecule has 0 atom stereocenters. The van der Waals surface area contributed by atoms with E-state index < -0.39 is 9.17 Å². The van der Waals surface area contributed by atoms with Crippen LogP contribution in [0.5, 0.6) is 0 Å². The number of rotatable bonds is 0. The maximum absolute atomic E-state index is 8.52. The number of hydrogen-bond acceptors (Lipinski definition) is 3. The van der Waals surface area contributed by atoms with E-state index in [0.717, 1.165) is 0 Å². The summed E-state index contributed by atoms with van der Waals surface area (Å²) in [6.07, 6.45) is 0. The zero-order valence-corrected chi connectivity index (χ0v) is 7.11. The van der Waals surface area contributed by atoms with Crippen molar-refractivity contribution in [3.63, 3.8) is 0 Å². The predicted molar refractivity (Wildman–Crippen MR) is 12.2 cm³/mol. The van der Waals surface area contributed by atoms with Crippen LogP contribution in [0.25, 0.3) is 0 Å². The van der Waals surface area contributed by atoms with Gasteiger partial charge in [0.15, 0.2) is 0 Å². The molecule has 0 rings (SSSR count). The van der Waals surface area contributed by atoms with Gasteiger partial charge in [-0.25, -0.2) is 0 Å². The molecular formula is O3PbSi-2. The first kappa shape index (κ1) is 9.11. The summed E-state index contributed by atoms with van der Waals surface area (Å²) in [5.74, 6) is 0. The van der Waals surface area contributed by atoms with E-state index in [1.807, 2.05) is 0 Å². The van der Waals surface area contributed by atoms with E-state index in [4.69, 9.17) is 14.1 Å². The van der Waals surface area contributed by atoms with Crippen molar-refractivity contribution in [2.24, 2.45) is 0 Å². The Morgan fingerprint density at radius 2 is 1.40 bits per heavy atom. The van der Waals surface area contributed by atoms with Gasteiger partial charge in [-0.05, 0) is 0 Å². The molecule has 0 fully saturated rings. The third-order valence-electron chi connectivity index (χ3n) is 0. The third kappa shape index (κ3) is 101. The van der Waals surface area contributed by atoms with Crippen LogP contribution in [-0.2, 0) is 4.46 Å². The van der Waals surface area contributed by atoms with Crippen molar-refractivity contribution < 1.29 is 14.1 Å². The van der Waals surface area contributed by atoms with Crippen molar-refractivity contribution in [3.05, 3.63) is 0 Å². The summed E-state index contributed by atoms with van der Waals surface area (Å²) >= 11 is 0. The molecule has 0 aliphatic carbocycles. The van der Waals surface area contributed by atoms with Gasteiger partial charge >= 0.3 is 0 Å². The molecule has 0 amide bonds. The summed E-state index contributed by atoms with van der Waals surface area (Å²) in [7, 11) is -3.63. The standard InChI is InChI=1S/O3Si.Pb/c1-4(2)3;/q-2;. The van der Waals surface area contributed by atoms with Crippen molar-refractivity contribution in [1.82, 2.24) is 0 Å². The van der Waals surface area contributed by atoms with Crippen LogP contribution in [0.3, 0.4) is 0 Å². The van der Waals surface area contributed by atoms with E-state index in [-0.39, 0.29) is 27.3 Å². The summed E-state index contributed by atoms with van der Waals surface area (Å²) in [6, 6.07) is 0. The molecule has 0 aromatic carbocycles. The van der Waals surface area contributed by atoms with E-state index in [1.165, 1.54) is 0 Å². The third-order valence-corrected chi connectivity index (χ3v) is 0. The van der Waals surface area contributed by atoms with Crippen molar-refractivity contribution in [2.45, 2.75) is 0 Å². The smallest absolute Gasteiger partial charge is 0.0172 e. The molecule has 28 valence electrons. The molecule has 5 heteroatoms. The van der Waals surface area contributed by atoms with Crippen molar-refractivity contribution in [3.8, 4) is 0 Å². The van der Waals surface area contributed by atoms with Gasteiger partial charge in [-0.15, -0.1) is 0 Å². The fraction of sp³-hybridized carbons (Fsp3) is 0. The summed E-state index contributed by atoms with van der Waals surface area (Å²) < 4.78 is 8.52. The quantitative estimate of drug-likeness (QED) is 0.439. The molecule has 0 unspecified atom stereocenters. The van der Waals surface area contributed by atoms with Gasteiger partial charge in [-0.2, -0.15) is 0 Å². The molecule has 4 radical (unpaired) electrons. The molecule has 5 heavy (non-hydrogen) atoms. The maximum Gasteiger partial charge on any atom is 0.0172 e. The van der Waals surface area contributed by atoms with Gasteiger partial charge in [-0.3, -0.25) is 0 Å². The molecule has 0 saturated carbocycles. The van der Waals surface area contributed by atoms with E-state index in [2.05, 4.69) is 0 Å². The van der Waals surface area contributed by atoms with Gasteiger partial charge in [0.2, 0.25) is 0 Å². The first-order valence-corrected chi connectivity index (χ1v) is 1.84. The van der Waals surface area contributed by atoms with Crippen LogP contribution in [0.4, 0.5) is 0 Å². The first-order valence-electron chi connectivity index (χ1n) is 0.612. The average Bonchev–Trinajstić information content (AvgIpc) is 0.811. The van der Waals surface area contributed by atoms with Crippen LogP contribution < -0.4 is 9.59 Å².